The molecule has 24 heavy (non-hydrogen) atoms. The molecule has 128 valence electrons. The fourth-order valence-electron chi connectivity index (χ4n) is 3.20. The molecule has 4 nitrogen and oxygen atoms in total. The van der Waals surface area contributed by atoms with Crippen LogP contribution in [-0.2, 0) is 11.2 Å². The monoisotopic (exact) mass is 344 g/mol. The Balaban J connectivity index is 1.55. The smallest absolute Gasteiger partial charge is 0.222 e. The van der Waals surface area contributed by atoms with Crippen LogP contribution in [0.2, 0.25) is 0 Å². The fraction of sp³-hybridized carbons (Fsp3) is 0.474. The topological polar surface area (TPSA) is 46.3 Å². The van der Waals surface area contributed by atoms with Crippen LogP contribution in [0.5, 0.6) is 0 Å². The van der Waals surface area contributed by atoms with E-state index in [1.807, 2.05) is 30.5 Å². The highest BCUT2D eigenvalue weighted by atomic mass is 32.2. The van der Waals surface area contributed by atoms with Crippen molar-refractivity contribution in [3.05, 3.63) is 52.9 Å². The highest BCUT2D eigenvalue weighted by molar-refractivity contribution is 7.99. The van der Waals surface area contributed by atoms with Gasteiger partial charge in [-0.1, -0.05) is 35.5 Å². The van der Waals surface area contributed by atoms with Crippen LogP contribution in [0.1, 0.15) is 40.7 Å². The summed E-state index contributed by atoms with van der Waals surface area (Å²) >= 11 is 1.96. The van der Waals surface area contributed by atoms with Gasteiger partial charge in [-0.2, -0.15) is 11.8 Å². The Hall–Kier alpha value is -1.75. The van der Waals surface area contributed by atoms with Crippen molar-refractivity contribution >= 4 is 17.7 Å². The van der Waals surface area contributed by atoms with E-state index in [0.717, 1.165) is 42.3 Å². The second-order valence-corrected chi connectivity index (χ2v) is 7.55. The maximum absolute atomic E-state index is 12.6. The summed E-state index contributed by atoms with van der Waals surface area (Å²) in [6.45, 7) is 5.53. The van der Waals surface area contributed by atoms with Gasteiger partial charge in [0.1, 0.15) is 5.76 Å². The van der Waals surface area contributed by atoms with Crippen molar-refractivity contribution in [2.45, 2.75) is 38.4 Å². The Morgan fingerprint density at radius 1 is 1.29 bits per heavy atom. The van der Waals surface area contributed by atoms with Gasteiger partial charge >= 0.3 is 0 Å². The molecule has 2 aromatic rings. The third kappa shape index (κ3) is 4.01. The quantitative estimate of drug-likeness (QED) is 0.843. The maximum Gasteiger partial charge on any atom is 0.222 e. The normalized spacial score (nSPS) is 18.4. The molecular formula is C19H24N2O2S. The van der Waals surface area contributed by atoms with E-state index in [0.29, 0.717) is 18.1 Å². The number of benzene rings is 1. The lowest BCUT2D eigenvalue weighted by atomic mass is 10.1. The predicted octanol–water partition coefficient (Wildman–Crippen LogP) is 3.93. The number of amides is 1. The summed E-state index contributed by atoms with van der Waals surface area (Å²) in [4.78, 5) is 14.6. The van der Waals surface area contributed by atoms with Crippen molar-refractivity contribution in [2.24, 2.45) is 0 Å². The molecule has 1 saturated heterocycles. The van der Waals surface area contributed by atoms with Crippen molar-refractivity contribution in [1.29, 1.82) is 0 Å². The second-order valence-electron chi connectivity index (χ2n) is 6.24. The van der Waals surface area contributed by atoms with E-state index >= 15 is 0 Å². The van der Waals surface area contributed by atoms with E-state index in [1.165, 1.54) is 5.56 Å². The van der Waals surface area contributed by atoms with E-state index in [2.05, 4.69) is 35.5 Å². The number of hydrogen-bond acceptors (Lipinski definition) is 4. The zero-order chi connectivity index (χ0) is 16.9. The van der Waals surface area contributed by atoms with E-state index in [1.54, 1.807) is 0 Å². The first kappa shape index (κ1) is 17.1. The van der Waals surface area contributed by atoms with Crippen LogP contribution in [0, 0.1) is 13.8 Å². The van der Waals surface area contributed by atoms with E-state index < -0.39 is 0 Å². The molecule has 0 spiro atoms. The van der Waals surface area contributed by atoms with Crippen molar-refractivity contribution in [2.75, 3.05) is 18.8 Å². The molecule has 1 amide bonds. The predicted molar refractivity (Wildman–Crippen MR) is 97.1 cm³/mol. The molecule has 1 unspecified atom stereocenters. The van der Waals surface area contributed by atoms with Crippen LogP contribution in [0.3, 0.4) is 0 Å². The summed E-state index contributed by atoms with van der Waals surface area (Å²) in [6.07, 6.45) is 2.26. The Labute approximate surface area is 147 Å². The van der Waals surface area contributed by atoms with Gasteiger partial charge in [0.25, 0.3) is 0 Å². The van der Waals surface area contributed by atoms with E-state index in [4.69, 9.17) is 4.52 Å². The number of aromatic nitrogens is 1. The number of aryl methyl sites for hydroxylation is 2. The van der Waals surface area contributed by atoms with Gasteiger partial charge < -0.3 is 9.42 Å². The third-order valence-corrected chi connectivity index (χ3v) is 5.96. The molecule has 1 aliphatic rings. The molecule has 1 aromatic heterocycles. The number of thioether (sulfide) groups is 1. The Morgan fingerprint density at radius 3 is 2.79 bits per heavy atom. The molecule has 0 bridgehead atoms. The number of hydrogen-bond donors (Lipinski definition) is 0. The summed E-state index contributed by atoms with van der Waals surface area (Å²) in [5, 5.41) is 4.45. The molecule has 1 fully saturated rings. The van der Waals surface area contributed by atoms with Crippen molar-refractivity contribution < 1.29 is 9.32 Å². The maximum atomic E-state index is 12.6. The van der Waals surface area contributed by atoms with E-state index in [-0.39, 0.29) is 5.91 Å². The standard InChI is InChI=1S/C19H24N2O2S/c1-14-17(15(2)23-20-14)8-9-19(22)21-11-10-18(24-13-12-21)16-6-4-3-5-7-16/h3-7,18H,8-13H2,1-2H3. The SMILES string of the molecule is Cc1noc(C)c1CCC(=O)N1CCSC(c2ccccc2)CC1. The first-order valence-electron chi connectivity index (χ1n) is 8.51. The van der Waals surface area contributed by atoms with Gasteiger partial charge in [0, 0.05) is 36.1 Å². The lowest BCUT2D eigenvalue weighted by molar-refractivity contribution is -0.130. The minimum Gasteiger partial charge on any atom is -0.361 e. The van der Waals surface area contributed by atoms with Gasteiger partial charge in [-0.25, -0.2) is 0 Å². The van der Waals surface area contributed by atoms with Crippen LogP contribution < -0.4 is 0 Å². The molecule has 0 N–H and O–H groups in total. The molecule has 3 rings (SSSR count). The van der Waals surface area contributed by atoms with Gasteiger partial charge in [0.2, 0.25) is 5.91 Å². The molecule has 0 saturated carbocycles. The van der Waals surface area contributed by atoms with Crippen molar-refractivity contribution in [3.63, 3.8) is 0 Å². The van der Waals surface area contributed by atoms with Gasteiger partial charge in [-0.05, 0) is 32.3 Å². The molecule has 1 atom stereocenters. The van der Waals surface area contributed by atoms with Gasteiger partial charge in [0.05, 0.1) is 5.69 Å². The fourth-order valence-corrected chi connectivity index (χ4v) is 4.43. The lowest BCUT2D eigenvalue weighted by Gasteiger charge is -2.20. The molecule has 0 radical (unpaired) electrons. The number of carbonyl (C=O) groups is 1. The third-order valence-electron chi connectivity index (χ3n) is 4.64. The molecular weight excluding hydrogens is 320 g/mol. The number of carbonyl (C=O) groups excluding carboxylic acids is 1. The van der Waals surface area contributed by atoms with Crippen molar-refractivity contribution in [1.82, 2.24) is 10.1 Å². The highest BCUT2D eigenvalue weighted by Crippen LogP contribution is 2.34. The minimum absolute atomic E-state index is 0.240. The lowest BCUT2D eigenvalue weighted by Crippen LogP contribution is -2.33. The second kappa shape index (κ2) is 7.88. The largest absolute Gasteiger partial charge is 0.361 e. The molecule has 0 aliphatic carbocycles. The molecule has 1 aliphatic heterocycles. The summed E-state index contributed by atoms with van der Waals surface area (Å²) in [7, 11) is 0. The van der Waals surface area contributed by atoms with Crippen LogP contribution in [0.25, 0.3) is 0 Å². The van der Waals surface area contributed by atoms with Crippen molar-refractivity contribution in [3.8, 4) is 0 Å². The summed E-state index contributed by atoms with van der Waals surface area (Å²) in [5.41, 5.74) is 3.35. The van der Waals surface area contributed by atoms with Crippen LogP contribution >= 0.6 is 11.8 Å². The number of rotatable bonds is 4. The first-order valence-corrected chi connectivity index (χ1v) is 9.56. The Kier molecular flexibility index (Phi) is 5.61. The first-order chi connectivity index (χ1) is 11.6. The Morgan fingerprint density at radius 2 is 2.08 bits per heavy atom. The zero-order valence-electron chi connectivity index (χ0n) is 14.3. The van der Waals surface area contributed by atoms with Crippen LogP contribution in [0.4, 0.5) is 0 Å². The summed E-state index contributed by atoms with van der Waals surface area (Å²) in [6, 6.07) is 10.6. The van der Waals surface area contributed by atoms with Gasteiger partial charge in [-0.15, -0.1) is 0 Å². The average molecular weight is 344 g/mol. The van der Waals surface area contributed by atoms with Crippen LogP contribution in [-0.4, -0.2) is 34.8 Å². The van der Waals surface area contributed by atoms with Gasteiger partial charge in [0.15, 0.2) is 0 Å². The zero-order valence-corrected chi connectivity index (χ0v) is 15.1. The average Bonchev–Trinajstić information content (AvgIpc) is 2.81. The molecule has 1 aromatic carbocycles. The molecule has 5 heteroatoms. The summed E-state index contributed by atoms with van der Waals surface area (Å²) in [5.74, 6) is 2.07. The number of nitrogens with zero attached hydrogens (tertiary/aromatic N) is 2. The Bertz CT molecular complexity index is 664. The summed E-state index contributed by atoms with van der Waals surface area (Å²) < 4.78 is 5.18. The highest BCUT2D eigenvalue weighted by Gasteiger charge is 2.22. The van der Waals surface area contributed by atoms with E-state index in [9.17, 15) is 4.79 Å². The molecule has 2 heterocycles. The van der Waals surface area contributed by atoms with Gasteiger partial charge in [-0.3, -0.25) is 4.79 Å². The van der Waals surface area contributed by atoms with Crippen LogP contribution in [0.15, 0.2) is 34.9 Å². The minimum atomic E-state index is 0.240.